The number of amides is 1. The number of rotatable bonds is 2. The van der Waals surface area contributed by atoms with E-state index in [4.69, 9.17) is 9.47 Å². The second-order valence-electron chi connectivity index (χ2n) is 14.5. The molecular formula is C29H47NO5. The number of fused-ring (bicyclic) bond motifs is 4. The molecule has 1 saturated heterocycles. The van der Waals surface area contributed by atoms with Gasteiger partial charge in [0.2, 0.25) is 0 Å². The number of ether oxygens (including phenoxy) is 2. The minimum absolute atomic E-state index is 0.0197. The van der Waals surface area contributed by atoms with Crippen molar-refractivity contribution >= 4 is 6.09 Å². The third kappa shape index (κ3) is 2.75. The first-order valence-electron chi connectivity index (χ1n) is 14.2. The van der Waals surface area contributed by atoms with Gasteiger partial charge in [0.25, 0.3) is 0 Å². The molecule has 0 radical (unpaired) electrons. The average molecular weight is 490 g/mol. The molecule has 198 valence electrons. The zero-order valence-corrected chi connectivity index (χ0v) is 22.6. The Kier molecular flexibility index (Phi) is 5.16. The van der Waals surface area contributed by atoms with E-state index in [9.17, 15) is 15.0 Å². The van der Waals surface area contributed by atoms with Crippen molar-refractivity contribution in [3.63, 3.8) is 0 Å². The minimum atomic E-state index is -0.487. The van der Waals surface area contributed by atoms with Crippen LogP contribution in [0.15, 0.2) is 0 Å². The highest BCUT2D eigenvalue weighted by Crippen LogP contribution is 2.89. The van der Waals surface area contributed by atoms with Crippen molar-refractivity contribution in [1.82, 2.24) is 5.32 Å². The zero-order valence-electron chi connectivity index (χ0n) is 22.6. The van der Waals surface area contributed by atoms with Crippen LogP contribution in [0.4, 0.5) is 4.79 Å². The number of alkyl carbamates (subject to hydrolysis) is 1. The van der Waals surface area contributed by atoms with Crippen LogP contribution in [0.1, 0.15) is 86.0 Å². The lowest BCUT2D eigenvalue weighted by Crippen LogP contribution is -2.59. The van der Waals surface area contributed by atoms with Gasteiger partial charge in [0.15, 0.2) is 0 Å². The molecule has 3 N–H and O–H groups in total. The Balaban J connectivity index is 1.31. The predicted molar refractivity (Wildman–Crippen MR) is 133 cm³/mol. The third-order valence-electron chi connectivity index (χ3n) is 13.5. The maximum absolute atomic E-state index is 12.1. The fourth-order valence-corrected chi connectivity index (χ4v) is 11.8. The first kappa shape index (κ1) is 24.5. The summed E-state index contributed by atoms with van der Waals surface area (Å²) in [6.07, 6.45) is 7.66. The van der Waals surface area contributed by atoms with E-state index in [0.29, 0.717) is 41.0 Å². The van der Waals surface area contributed by atoms with Gasteiger partial charge in [-0.25, -0.2) is 4.79 Å². The molecule has 0 aromatic carbocycles. The number of aliphatic hydroxyl groups excluding tert-OH is 2. The third-order valence-corrected chi connectivity index (χ3v) is 13.5. The number of carbonyl (C=O) groups excluding carboxylic acids is 1. The van der Waals surface area contributed by atoms with Gasteiger partial charge in [0.1, 0.15) is 0 Å². The molecule has 6 heteroatoms. The number of hydrogen-bond acceptors (Lipinski definition) is 5. The lowest BCUT2D eigenvalue weighted by Gasteiger charge is -2.63. The number of methoxy groups -OCH3 is 1. The summed E-state index contributed by atoms with van der Waals surface area (Å²) < 4.78 is 11.4. The Morgan fingerprint density at radius 1 is 1.03 bits per heavy atom. The van der Waals surface area contributed by atoms with Gasteiger partial charge in [0.05, 0.1) is 31.5 Å². The van der Waals surface area contributed by atoms with Crippen LogP contribution in [0.5, 0.6) is 0 Å². The van der Waals surface area contributed by atoms with Crippen molar-refractivity contribution in [2.45, 2.75) is 110 Å². The van der Waals surface area contributed by atoms with Crippen LogP contribution in [0.2, 0.25) is 0 Å². The smallest absolute Gasteiger partial charge is 0.406 e. The van der Waals surface area contributed by atoms with Crippen LogP contribution in [0.3, 0.4) is 0 Å². The average Bonchev–Trinajstić information content (AvgIpc) is 3.45. The molecule has 6 rings (SSSR count). The van der Waals surface area contributed by atoms with E-state index in [1.54, 1.807) is 0 Å². The van der Waals surface area contributed by atoms with Crippen molar-refractivity contribution in [3.8, 4) is 0 Å². The number of carbonyl (C=O) groups is 1. The summed E-state index contributed by atoms with van der Waals surface area (Å²) in [4.78, 5) is 11.7. The monoisotopic (exact) mass is 489 g/mol. The highest BCUT2D eigenvalue weighted by molar-refractivity contribution is 5.66. The summed E-state index contributed by atoms with van der Waals surface area (Å²) in [6.45, 7) is 12.3. The van der Waals surface area contributed by atoms with Crippen LogP contribution in [0, 0.1) is 50.7 Å². The van der Waals surface area contributed by atoms with Crippen molar-refractivity contribution in [2.75, 3.05) is 13.7 Å². The highest BCUT2D eigenvalue weighted by Gasteiger charge is 2.84. The Hall–Kier alpha value is -0.850. The van der Waals surface area contributed by atoms with Crippen molar-refractivity contribution in [2.24, 2.45) is 50.7 Å². The molecule has 35 heavy (non-hydrogen) atoms. The molecule has 0 aromatic heterocycles. The summed E-state index contributed by atoms with van der Waals surface area (Å²) in [5.74, 6) is 1.88. The SMILES string of the molecule is COC(=O)NCC1C[C@@H](C)[C@H]2C(O1)[C@H](O)[C@@]1(C)C3CCC4C(C)(C)[C@@H](O)CC[C@@]45CC35CC[C@]21C. The van der Waals surface area contributed by atoms with Gasteiger partial charge in [-0.2, -0.15) is 0 Å². The lowest BCUT2D eigenvalue weighted by molar-refractivity contribution is -0.182. The molecular weight excluding hydrogens is 442 g/mol. The summed E-state index contributed by atoms with van der Waals surface area (Å²) in [5.41, 5.74) is 0.539. The van der Waals surface area contributed by atoms with Crippen LogP contribution in [-0.4, -0.2) is 54.4 Å². The summed E-state index contributed by atoms with van der Waals surface area (Å²) in [6, 6.07) is 0. The van der Waals surface area contributed by atoms with E-state index in [1.165, 1.54) is 26.4 Å². The molecule has 12 atom stereocenters. The largest absolute Gasteiger partial charge is 0.453 e. The zero-order chi connectivity index (χ0) is 25.2. The Labute approximate surface area is 210 Å². The molecule has 5 aliphatic carbocycles. The van der Waals surface area contributed by atoms with Gasteiger partial charge in [-0.05, 0) is 96.7 Å². The molecule has 1 aliphatic heterocycles. The number of aliphatic hydroxyl groups is 2. The minimum Gasteiger partial charge on any atom is -0.453 e. The van der Waals surface area contributed by atoms with Gasteiger partial charge in [0, 0.05) is 12.0 Å². The standard InChI is InChI=1S/C29H47NO5/c1-16-13-17(14-30-24(33)34-6)35-22-21(16)26(4)11-12-29-15-28(29)10-9-20(31)25(2,3)18(28)7-8-19(29)27(26,5)23(22)32/h16-23,31-32H,7-15H2,1-6H3,(H,30,33)/t16-,17?,18?,19?,20+,21+,22?,23+,26-,27-,28-,29?/m1/s1. The predicted octanol–water partition coefficient (Wildman–Crippen LogP) is 4.52. The Morgan fingerprint density at radius 3 is 2.43 bits per heavy atom. The summed E-state index contributed by atoms with van der Waals surface area (Å²) >= 11 is 0. The van der Waals surface area contributed by atoms with Gasteiger partial charge in [-0.15, -0.1) is 0 Å². The first-order valence-corrected chi connectivity index (χ1v) is 14.2. The molecule has 6 nitrogen and oxygen atoms in total. The van der Waals surface area contributed by atoms with Gasteiger partial charge in [-0.1, -0.05) is 34.6 Å². The van der Waals surface area contributed by atoms with Gasteiger partial charge in [-0.3, -0.25) is 0 Å². The normalized spacial score (nSPS) is 57.6. The van der Waals surface area contributed by atoms with Gasteiger partial charge < -0.3 is 25.0 Å². The Bertz CT molecular complexity index is 908. The highest BCUT2D eigenvalue weighted by atomic mass is 16.5. The van der Waals surface area contributed by atoms with E-state index in [-0.39, 0.29) is 34.6 Å². The summed E-state index contributed by atoms with van der Waals surface area (Å²) in [7, 11) is 1.38. The molecule has 2 spiro atoms. The molecule has 5 unspecified atom stereocenters. The maximum atomic E-state index is 12.1. The van der Waals surface area contributed by atoms with Crippen molar-refractivity contribution in [3.05, 3.63) is 0 Å². The molecule has 1 heterocycles. The molecule has 5 saturated carbocycles. The van der Waals surface area contributed by atoms with Crippen LogP contribution in [-0.2, 0) is 9.47 Å². The van der Waals surface area contributed by atoms with E-state index in [2.05, 4.69) is 39.9 Å². The topological polar surface area (TPSA) is 88.0 Å². The molecule has 0 bridgehead atoms. The first-order chi connectivity index (χ1) is 16.4. The van der Waals surface area contributed by atoms with Crippen LogP contribution < -0.4 is 5.32 Å². The second-order valence-corrected chi connectivity index (χ2v) is 14.5. The number of hydrogen-bond donors (Lipinski definition) is 3. The van der Waals surface area contributed by atoms with Crippen molar-refractivity contribution in [1.29, 1.82) is 0 Å². The van der Waals surface area contributed by atoms with E-state index in [1.807, 2.05) is 0 Å². The van der Waals surface area contributed by atoms with E-state index < -0.39 is 12.2 Å². The van der Waals surface area contributed by atoms with Crippen LogP contribution in [0.25, 0.3) is 0 Å². The number of nitrogens with one attached hydrogen (secondary N) is 1. The quantitative estimate of drug-likeness (QED) is 0.531. The fourth-order valence-electron chi connectivity index (χ4n) is 11.8. The van der Waals surface area contributed by atoms with E-state index >= 15 is 0 Å². The van der Waals surface area contributed by atoms with Gasteiger partial charge >= 0.3 is 6.09 Å². The van der Waals surface area contributed by atoms with Crippen LogP contribution >= 0.6 is 0 Å². The second kappa shape index (κ2) is 7.38. The molecule has 1 amide bonds. The molecule has 0 aromatic rings. The summed E-state index contributed by atoms with van der Waals surface area (Å²) in [5, 5.41) is 25.8. The maximum Gasteiger partial charge on any atom is 0.406 e. The Morgan fingerprint density at radius 2 is 1.71 bits per heavy atom. The lowest BCUT2D eigenvalue weighted by atomic mass is 9.41. The molecule has 6 fully saturated rings. The fraction of sp³-hybridized carbons (Fsp3) is 0.966. The molecule has 6 aliphatic rings. The van der Waals surface area contributed by atoms with Crippen molar-refractivity contribution < 1.29 is 24.5 Å². The van der Waals surface area contributed by atoms with E-state index in [0.717, 1.165) is 32.1 Å².